The maximum atomic E-state index is 13.9. The molecule has 1 N–H and O–H groups in total. The molecule has 0 amide bonds. The molecule has 0 aliphatic heterocycles. The maximum Gasteiger partial charge on any atom is 0.190 e. The van der Waals surface area contributed by atoms with Crippen LogP contribution in [0.2, 0.25) is 0 Å². The fourth-order valence-corrected chi connectivity index (χ4v) is 3.13. The van der Waals surface area contributed by atoms with Crippen molar-refractivity contribution in [3.63, 3.8) is 0 Å². The Morgan fingerprint density at radius 2 is 2.05 bits per heavy atom. The van der Waals surface area contributed by atoms with Crippen LogP contribution in [-0.2, 0) is 13.0 Å². The smallest absolute Gasteiger partial charge is 0.190 e. The molecule has 114 valence electrons. The number of thiazole rings is 1. The van der Waals surface area contributed by atoms with Crippen molar-refractivity contribution in [3.8, 4) is 0 Å². The van der Waals surface area contributed by atoms with Crippen molar-refractivity contribution in [2.45, 2.75) is 39.8 Å². The predicted molar refractivity (Wildman–Crippen MR) is 87.9 cm³/mol. The van der Waals surface area contributed by atoms with Crippen molar-refractivity contribution in [2.75, 3.05) is 11.9 Å². The van der Waals surface area contributed by atoms with Crippen LogP contribution in [0.1, 0.15) is 31.3 Å². The van der Waals surface area contributed by atoms with Crippen molar-refractivity contribution in [2.24, 2.45) is 0 Å². The number of hydrogen-bond donors (Lipinski definition) is 1. The summed E-state index contributed by atoms with van der Waals surface area (Å²) in [5, 5.41) is 4.25. The Hall–Kier alpha value is -1.46. The van der Waals surface area contributed by atoms with Crippen molar-refractivity contribution < 1.29 is 4.39 Å². The summed E-state index contributed by atoms with van der Waals surface area (Å²) in [6.07, 6.45) is 0.886. The largest absolute Gasteiger partial charge is 0.318 e. The van der Waals surface area contributed by atoms with Gasteiger partial charge in [-0.15, -0.1) is 0 Å². The van der Waals surface area contributed by atoms with Gasteiger partial charge in [0.2, 0.25) is 0 Å². The Bertz CT molecular complexity index is 595. The van der Waals surface area contributed by atoms with Gasteiger partial charge in [-0.25, -0.2) is 9.37 Å². The van der Waals surface area contributed by atoms with Gasteiger partial charge < -0.3 is 10.2 Å². The highest BCUT2D eigenvalue weighted by Gasteiger charge is 2.16. The van der Waals surface area contributed by atoms with E-state index in [0.717, 1.165) is 23.8 Å². The molecule has 21 heavy (non-hydrogen) atoms. The molecule has 0 bridgehead atoms. The van der Waals surface area contributed by atoms with E-state index in [4.69, 9.17) is 0 Å². The summed E-state index contributed by atoms with van der Waals surface area (Å²) in [6.45, 7) is 7.16. The van der Waals surface area contributed by atoms with Gasteiger partial charge in [0.05, 0.1) is 11.4 Å². The number of nitrogens with one attached hydrogen (secondary N) is 1. The van der Waals surface area contributed by atoms with Crippen LogP contribution >= 0.6 is 11.3 Å². The van der Waals surface area contributed by atoms with Crippen molar-refractivity contribution in [1.29, 1.82) is 0 Å². The molecule has 2 aromatic rings. The zero-order valence-corrected chi connectivity index (χ0v) is 13.8. The molecule has 0 fully saturated rings. The summed E-state index contributed by atoms with van der Waals surface area (Å²) in [6, 6.07) is 7.22. The van der Waals surface area contributed by atoms with Gasteiger partial charge >= 0.3 is 0 Å². The van der Waals surface area contributed by atoms with Gasteiger partial charge in [0.15, 0.2) is 5.13 Å². The average molecular weight is 307 g/mol. The lowest BCUT2D eigenvalue weighted by atomic mass is 10.3. The number of rotatable bonds is 6. The lowest BCUT2D eigenvalue weighted by Crippen LogP contribution is -2.21. The molecule has 0 radical (unpaired) electrons. The van der Waals surface area contributed by atoms with E-state index in [2.05, 4.69) is 31.1 Å². The van der Waals surface area contributed by atoms with E-state index in [-0.39, 0.29) is 5.82 Å². The molecule has 5 heteroatoms. The highest BCUT2D eigenvalue weighted by molar-refractivity contribution is 7.15. The zero-order chi connectivity index (χ0) is 15.4. The topological polar surface area (TPSA) is 28.2 Å². The molecule has 0 aliphatic rings. The fraction of sp³-hybridized carbons (Fsp3) is 0.438. The highest BCUT2D eigenvalue weighted by Crippen LogP contribution is 2.32. The summed E-state index contributed by atoms with van der Waals surface area (Å²) in [5.41, 5.74) is 1.64. The molecule has 1 heterocycles. The first-order chi connectivity index (χ1) is 10.0. The summed E-state index contributed by atoms with van der Waals surface area (Å²) >= 11 is 1.62. The Labute approximate surface area is 129 Å². The van der Waals surface area contributed by atoms with E-state index in [1.165, 1.54) is 10.9 Å². The standard InChI is InChI=1S/C16H22FN3S/c1-5-13-15(10-18-11(2)3)21-16(19-13)20(4)14-9-7-6-8-12(14)17/h6-9,11,18H,5,10H2,1-4H3. The molecule has 0 unspecified atom stereocenters. The van der Waals surface area contributed by atoms with Gasteiger partial charge in [-0.2, -0.15) is 0 Å². The second-order valence-corrected chi connectivity index (χ2v) is 6.33. The summed E-state index contributed by atoms with van der Waals surface area (Å²) in [7, 11) is 1.86. The number of nitrogens with zero attached hydrogens (tertiary/aromatic N) is 2. The monoisotopic (exact) mass is 307 g/mol. The van der Waals surface area contributed by atoms with Gasteiger partial charge in [0.25, 0.3) is 0 Å². The Morgan fingerprint density at radius 3 is 2.67 bits per heavy atom. The van der Waals surface area contributed by atoms with Crippen LogP contribution in [0.4, 0.5) is 15.2 Å². The Morgan fingerprint density at radius 1 is 1.33 bits per heavy atom. The lowest BCUT2D eigenvalue weighted by Gasteiger charge is -2.16. The molecule has 0 aliphatic carbocycles. The van der Waals surface area contributed by atoms with Crippen LogP contribution in [0.5, 0.6) is 0 Å². The third-order valence-corrected chi connectivity index (χ3v) is 4.45. The SMILES string of the molecule is CCc1nc(N(C)c2ccccc2F)sc1CNC(C)C. The van der Waals surface area contributed by atoms with E-state index in [1.54, 1.807) is 23.5 Å². The zero-order valence-electron chi connectivity index (χ0n) is 13.0. The van der Waals surface area contributed by atoms with Crippen molar-refractivity contribution >= 4 is 22.2 Å². The van der Waals surface area contributed by atoms with Crippen LogP contribution in [0.25, 0.3) is 0 Å². The molecular formula is C16H22FN3S. The Kier molecular flexibility index (Phi) is 5.31. The third-order valence-electron chi connectivity index (χ3n) is 3.27. The molecule has 1 aromatic carbocycles. The predicted octanol–water partition coefficient (Wildman–Crippen LogP) is 4.11. The summed E-state index contributed by atoms with van der Waals surface area (Å²) < 4.78 is 13.9. The normalized spacial score (nSPS) is 11.1. The highest BCUT2D eigenvalue weighted by atomic mass is 32.1. The van der Waals surface area contributed by atoms with E-state index in [1.807, 2.05) is 18.0 Å². The molecule has 0 saturated carbocycles. The van der Waals surface area contributed by atoms with Crippen molar-refractivity contribution in [1.82, 2.24) is 10.3 Å². The summed E-state index contributed by atoms with van der Waals surface area (Å²) in [5.74, 6) is -0.227. The minimum atomic E-state index is -0.227. The number of halogens is 1. The Balaban J connectivity index is 2.26. The van der Waals surface area contributed by atoms with E-state index in [0.29, 0.717) is 11.7 Å². The number of aromatic nitrogens is 1. The van der Waals surface area contributed by atoms with Crippen LogP contribution in [0, 0.1) is 5.82 Å². The molecule has 2 rings (SSSR count). The number of anilines is 2. The van der Waals surface area contributed by atoms with Gasteiger partial charge in [0.1, 0.15) is 5.82 Å². The van der Waals surface area contributed by atoms with Crippen LogP contribution in [0.3, 0.4) is 0 Å². The third kappa shape index (κ3) is 3.80. The first kappa shape index (κ1) is 15.9. The van der Waals surface area contributed by atoms with E-state index in [9.17, 15) is 4.39 Å². The number of aryl methyl sites for hydroxylation is 1. The number of hydrogen-bond acceptors (Lipinski definition) is 4. The number of benzene rings is 1. The molecule has 0 atom stereocenters. The first-order valence-electron chi connectivity index (χ1n) is 7.23. The number of para-hydroxylation sites is 1. The van der Waals surface area contributed by atoms with Crippen LogP contribution in [-0.4, -0.2) is 18.1 Å². The average Bonchev–Trinajstić information content (AvgIpc) is 2.88. The molecule has 3 nitrogen and oxygen atoms in total. The van der Waals surface area contributed by atoms with Gasteiger partial charge in [-0.1, -0.05) is 44.2 Å². The molecular weight excluding hydrogens is 285 g/mol. The van der Waals surface area contributed by atoms with Gasteiger partial charge in [-0.3, -0.25) is 0 Å². The fourth-order valence-electron chi connectivity index (χ4n) is 2.05. The van der Waals surface area contributed by atoms with Crippen LogP contribution < -0.4 is 10.2 Å². The summed E-state index contributed by atoms with van der Waals surface area (Å²) in [4.78, 5) is 7.71. The lowest BCUT2D eigenvalue weighted by molar-refractivity contribution is 0.590. The molecule has 0 saturated heterocycles. The minimum Gasteiger partial charge on any atom is -0.318 e. The minimum absolute atomic E-state index is 0.227. The second kappa shape index (κ2) is 7.00. The van der Waals surface area contributed by atoms with Gasteiger partial charge in [-0.05, 0) is 18.6 Å². The first-order valence-corrected chi connectivity index (χ1v) is 8.04. The van der Waals surface area contributed by atoms with Crippen molar-refractivity contribution in [3.05, 3.63) is 40.7 Å². The van der Waals surface area contributed by atoms with E-state index < -0.39 is 0 Å². The molecule has 0 spiro atoms. The quantitative estimate of drug-likeness (QED) is 0.870. The van der Waals surface area contributed by atoms with Gasteiger partial charge in [0, 0.05) is 24.5 Å². The van der Waals surface area contributed by atoms with Crippen LogP contribution in [0.15, 0.2) is 24.3 Å². The second-order valence-electron chi connectivity index (χ2n) is 5.27. The maximum absolute atomic E-state index is 13.9. The van der Waals surface area contributed by atoms with E-state index >= 15 is 0 Å². The molecule has 1 aromatic heterocycles.